The Morgan fingerprint density at radius 2 is 2.31 bits per heavy atom. The zero-order valence-electron chi connectivity index (χ0n) is 9.49. The smallest absolute Gasteiger partial charge is 0.154 e. The molecular weight excluding hydrogens is 218 g/mol. The van der Waals surface area contributed by atoms with Crippen molar-refractivity contribution in [2.24, 2.45) is 0 Å². The van der Waals surface area contributed by atoms with Gasteiger partial charge >= 0.3 is 0 Å². The minimum absolute atomic E-state index is 0.619. The molecule has 3 N–H and O–H groups in total. The largest absolute Gasteiger partial charge is 0.382 e. The van der Waals surface area contributed by atoms with Crippen LogP contribution in [-0.4, -0.2) is 10.2 Å². The molecule has 0 aliphatic heterocycles. The second-order valence-corrected chi connectivity index (χ2v) is 4.84. The predicted octanol–water partition coefficient (Wildman–Crippen LogP) is 3.45. The molecule has 0 fully saturated rings. The van der Waals surface area contributed by atoms with Crippen LogP contribution in [0, 0.1) is 0 Å². The number of aromatic nitrogens is 2. The van der Waals surface area contributed by atoms with E-state index >= 15 is 0 Å². The van der Waals surface area contributed by atoms with Crippen LogP contribution in [0.5, 0.6) is 0 Å². The Kier molecular flexibility index (Phi) is 3.62. The molecule has 0 amide bonds. The molecule has 3 nitrogen and oxygen atoms in total. The van der Waals surface area contributed by atoms with Gasteiger partial charge in [0.15, 0.2) is 5.82 Å². The number of nitrogens with two attached hydrogens (primary N) is 1. The average molecular weight is 235 g/mol. The summed E-state index contributed by atoms with van der Waals surface area (Å²) in [5, 5.41) is 9.23. The van der Waals surface area contributed by atoms with Gasteiger partial charge in [-0.25, -0.2) is 0 Å². The van der Waals surface area contributed by atoms with E-state index in [9.17, 15) is 0 Å². The topological polar surface area (TPSA) is 54.7 Å². The first-order valence-corrected chi connectivity index (χ1v) is 6.57. The molecule has 0 bridgehead atoms. The van der Waals surface area contributed by atoms with Crippen molar-refractivity contribution in [1.29, 1.82) is 0 Å². The molecule has 0 saturated heterocycles. The maximum Gasteiger partial charge on any atom is 0.154 e. The summed E-state index contributed by atoms with van der Waals surface area (Å²) in [6.45, 7) is 2.21. The van der Waals surface area contributed by atoms with E-state index in [1.807, 2.05) is 6.07 Å². The molecule has 2 rings (SSSR count). The lowest BCUT2D eigenvalue weighted by atomic mass is 10.1. The van der Waals surface area contributed by atoms with Gasteiger partial charge in [-0.1, -0.05) is 25.8 Å². The molecule has 2 aromatic heterocycles. The number of unbranched alkanes of at least 4 members (excludes halogenated alkanes) is 2. The lowest BCUT2D eigenvalue weighted by molar-refractivity contribution is 0.706. The van der Waals surface area contributed by atoms with Crippen LogP contribution in [0.15, 0.2) is 17.5 Å². The number of nitrogens with one attached hydrogen (secondary N) is 1. The molecule has 0 atom stereocenters. The molecule has 0 radical (unpaired) electrons. The van der Waals surface area contributed by atoms with Gasteiger partial charge in [-0.05, 0) is 24.3 Å². The summed E-state index contributed by atoms with van der Waals surface area (Å²) in [7, 11) is 0. The third-order valence-electron chi connectivity index (χ3n) is 2.67. The summed E-state index contributed by atoms with van der Waals surface area (Å²) in [5.74, 6) is 0.619. The SMILES string of the molecule is CCCCCc1[nH]nc(N)c1-c1cccs1. The lowest BCUT2D eigenvalue weighted by Gasteiger charge is -2.01. The number of nitrogens with zero attached hydrogens (tertiary/aromatic N) is 1. The number of thiophene rings is 1. The molecule has 4 heteroatoms. The van der Waals surface area contributed by atoms with Gasteiger partial charge in [0.1, 0.15) is 0 Å². The van der Waals surface area contributed by atoms with Crippen LogP contribution in [0.1, 0.15) is 31.9 Å². The van der Waals surface area contributed by atoms with Crippen LogP contribution in [0.4, 0.5) is 5.82 Å². The van der Waals surface area contributed by atoms with E-state index in [-0.39, 0.29) is 0 Å². The number of hydrogen-bond donors (Lipinski definition) is 2. The molecule has 0 saturated carbocycles. The van der Waals surface area contributed by atoms with Crippen molar-refractivity contribution in [1.82, 2.24) is 10.2 Å². The van der Waals surface area contributed by atoms with Crippen LogP contribution in [0.3, 0.4) is 0 Å². The van der Waals surface area contributed by atoms with Gasteiger partial charge in [-0.15, -0.1) is 11.3 Å². The molecule has 0 aliphatic rings. The van der Waals surface area contributed by atoms with Crippen molar-refractivity contribution in [3.63, 3.8) is 0 Å². The number of aryl methyl sites for hydroxylation is 1. The van der Waals surface area contributed by atoms with E-state index in [0.717, 1.165) is 12.0 Å². The highest BCUT2D eigenvalue weighted by Crippen LogP contribution is 2.32. The van der Waals surface area contributed by atoms with Gasteiger partial charge < -0.3 is 5.73 Å². The van der Waals surface area contributed by atoms with E-state index < -0.39 is 0 Å². The Hall–Kier alpha value is -1.29. The van der Waals surface area contributed by atoms with Gasteiger partial charge in [-0.3, -0.25) is 5.10 Å². The van der Waals surface area contributed by atoms with Crippen LogP contribution >= 0.6 is 11.3 Å². The maximum atomic E-state index is 5.90. The van der Waals surface area contributed by atoms with Crippen LogP contribution < -0.4 is 5.73 Å². The number of anilines is 1. The zero-order chi connectivity index (χ0) is 11.4. The first kappa shape index (κ1) is 11.2. The summed E-state index contributed by atoms with van der Waals surface area (Å²) >= 11 is 1.71. The van der Waals surface area contributed by atoms with E-state index in [4.69, 9.17) is 5.73 Å². The van der Waals surface area contributed by atoms with Crippen molar-refractivity contribution >= 4 is 17.2 Å². The zero-order valence-corrected chi connectivity index (χ0v) is 10.3. The van der Waals surface area contributed by atoms with Gasteiger partial charge in [0.2, 0.25) is 0 Å². The van der Waals surface area contributed by atoms with Gasteiger partial charge in [0.25, 0.3) is 0 Å². The summed E-state index contributed by atoms with van der Waals surface area (Å²) in [6.07, 6.45) is 4.71. The summed E-state index contributed by atoms with van der Waals surface area (Å²) in [4.78, 5) is 1.21. The highest BCUT2D eigenvalue weighted by Gasteiger charge is 2.13. The van der Waals surface area contributed by atoms with Gasteiger partial charge in [-0.2, -0.15) is 5.10 Å². The fourth-order valence-corrected chi connectivity index (χ4v) is 2.63. The van der Waals surface area contributed by atoms with Crippen molar-refractivity contribution in [2.45, 2.75) is 32.6 Å². The lowest BCUT2D eigenvalue weighted by Crippen LogP contribution is -1.90. The summed E-state index contributed by atoms with van der Waals surface area (Å²) in [5.41, 5.74) is 8.18. The monoisotopic (exact) mass is 235 g/mol. The summed E-state index contributed by atoms with van der Waals surface area (Å²) in [6, 6.07) is 4.14. The Morgan fingerprint density at radius 3 is 3.00 bits per heavy atom. The fraction of sp³-hybridized carbons (Fsp3) is 0.417. The van der Waals surface area contributed by atoms with E-state index in [1.54, 1.807) is 11.3 Å². The van der Waals surface area contributed by atoms with Crippen molar-refractivity contribution in [2.75, 3.05) is 5.73 Å². The molecule has 0 aliphatic carbocycles. The maximum absolute atomic E-state index is 5.90. The number of H-pyrrole nitrogens is 1. The van der Waals surface area contributed by atoms with Gasteiger partial charge in [0.05, 0.1) is 5.56 Å². The van der Waals surface area contributed by atoms with Crippen LogP contribution in [-0.2, 0) is 6.42 Å². The number of hydrogen-bond acceptors (Lipinski definition) is 3. The molecule has 0 aromatic carbocycles. The highest BCUT2D eigenvalue weighted by molar-refractivity contribution is 7.13. The van der Waals surface area contributed by atoms with E-state index in [0.29, 0.717) is 5.82 Å². The highest BCUT2D eigenvalue weighted by atomic mass is 32.1. The number of rotatable bonds is 5. The Morgan fingerprint density at radius 1 is 1.44 bits per heavy atom. The molecule has 2 heterocycles. The molecule has 16 heavy (non-hydrogen) atoms. The fourth-order valence-electron chi connectivity index (χ4n) is 1.82. The van der Waals surface area contributed by atoms with E-state index in [1.165, 1.54) is 29.8 Å². The molecule has 0 unspecified atom stereocenters. The average Bonchev–Trinajstić information content (AvgIpc) is 2.88. The number of aromatic amines is 1. The third kappa shape index (κ3) is 2.27. The van der Waals surface area contributed by atoms with Crippen LogP contribution in [0.25, 0.3) is 10.4 Å². The second-order valence-electron chi connectivity index (χ2n) is 3.90. The van der Waals surface area contributed by atoms with Gasteiger partial charge in [0, 0.05) is 10.6 Å². The molecule has 2 aromatic rings. The third-order valence-corrected chi connectivity index (χ3v) is 3.55. The molecule has 86 valence electrons. The molecular formula is C12H17N3S. The Balaban J connectivity index is 2.20. The minimum atomic E-state index is 0.619. The Bertz CT molecular complexity index is 431. The van der Waals surface area contributed by atoms with E-state index in [2.05, 4.69) is 28.6 Å². The first-order chi connectivity index (χ1) is 7.83. The predicted molar refractivity (Wildman–Crippen MR) is 69.5 cm³/mol. The summed E-state index contributed by atoms with van der Waals surface area (Å²) < 4.78 is 0. The quantitative estimate of drug-likeness (QED) is 0.780. The van der Waals surface area contributed by atoms with Crippen molar-refractivity contribution < 1.29 is 0 Å². The normalized spacial score (nSPS) is 10.8. The minimum Gasteiger partial charge on any atom is -0.382 e. The van der Waals surface area contributed by atoms with Crippen LogP contribution in [0.2, 0.25) is 0 Å². The first-order valence-electron chi connectivity index (χ1n) is 5.69. The Labute approximate surface area is 99.7 Å². The molecule has 0 spiro atoms. The standard InChI is InChI=1S/C12H17N3S/c1-2-3-4-6-9-11(12(13)15-14-9)10-7-5-8-16-10/h5,7-8H,2-4,6H2,1H3,(H3,13,14,15). The van der Waals surface area contributed by atoms with Crippen molar-refractivity contribution in [3.8, 4) is 10.4 Å². The van der Waals surface area contributed by atoms with Crippen molar-refractivity contribution in [3.05, 3.63) is 23.2 Å². The number of nitrogen functional groups attached to an aromatic ring is 1. The second kappa shape index (κ2) is 5.16.